The van der Waals surface area contributed by atoms with E-state index in [9.17, 15) is 17.6 Å². The van der Waals surface area contributed by atoms with Gasteiger partial charge in [0.15, 0.2) is 0 Å². The fourth-order valence-electron chi connectivity index (χ4n) is 4.64. The maximum atomic E-state index is 14.7. The second-order valence-electron chi connectivity index (χ2n) is 9.04. The van der Waals surface area contributed by atoms with E-state index in [-0.39, 0.29) is 22.6 Å². The van der Waals surface area contributed by atoms with Crippen LogP contribution in [0.1, 0.15) is 22.3 Å². The van der Waals surface area contributed by atoms with Crippen molar-refractivity contribution < 1.29 is 27.0 Å². The molecule has 0 atom stereocenters. The van der Waals surface area contributed by atoms with Crippen molar-refractivity contribution in [1.82, 2.24) is 9.78 Å². The van der Waals surface area contributed by atoms with Crippen molar-refractivity contribution in [2.24, 2.45) is 0 Å². The molecule has 0 N–H and O–H groups in total. The molecule has 0 aliphatic heterocycles. The van der Waals surface area contributed by atoms with Crippen LogP contribution in [-0.2, 0) is 19.1 Å². The van der Waals surface area contributed by atoms with Crippen molar-refractivity contribution in [3.05, 3.63) is 112 Å². The van der Waals surface area contributed by atoms with Crippen molar-refractivity contribution in [2.75, 3.05) is 14.2 Å². The Labute approximate surface area is 227 Å². The number of ether oxygens (including phenoxy) is 2. The van der Waals surface area contributed by atoms with E-state index in [0.717, 1.165) is 17.2 Å². The molecule has 0 spiro atoms. The molecule has 1 heterocycles. The van der Waals surface area contributed by atoms with E-state index in [4.69, 9.17) is 21.1 Å². The number of halogens is 5. The molecule has 0 saturated carbocycles. The molecule has 4 nitrogen and oxygen atoms in total. The minimum absolute atomic E-state index is 0.0817. The van der Waals surface area contributed by atoms with E-state index in [0.29, 0.717) is 34.6 Å². The number of nitrogens with zero attached hydrogens (tertiary/aromatic N) is 2. The number of aromatic nitrogens is 2. The van der Waals surface area contributed by atoms with Crippen molar-refractivity contribution in [3.8, 4) is 22.8 Å². The third-order valence-electron chi connectivity index (χ3n) is 6.43. The topological polar surface area (TPSA) is 36.3 Å². The maximum Gasteiger partial charge on any atom is 0.418 e. The van der Waals surface area contributed by atoms with Crippen molar-refractivity contribution in [3.63, 3.8) is 0 Å². The summed E-state index contributed by atoms with van der Waals surface area (Å²) in [6.07, 6.45) is -4.08. The number of hydrogen-bond donors (Lipinski definition) is 0. The average molecular weight is 555 g/mol. The summed E-state index contributed by atoms with van der Waals surface area (Å²) in [5.41, 5.74) is 2.15. The van der Waals surface area contributed by atoms with E-state index < -0.39 is 17.6 Å². The zero-order valence-electron chi connectivity index (χ0n) is 21.0. The SMILES string of the molecule is COc1cc(Cc2cccc(-c3c4cccc(C(F)(F)F)c4nn3Cc3ccc(Cl)cc3F)c2)cc(OC)c1. The normalized spacial score (nSPS) is 11.7. The smallest absolute Gasteiger partial charge is 0.418 e. The Balaban J connectivity index is 1.64. The van der Waals surface area contributed by atoms with Gasteiger partial charge < -0.3 is 9.47 Å². The van der Waals surface area contributed by atoms with Crippen LogP contribution < -0.4 is 9.47 Å². The first-order chi connectivity index (χ1) is 18.7. The monoisotopic (exact) mass is 554 g/mol. The van der Waals surface area contributed by atoms with E-state index in [1.54, 1.807) is 32.4 Å². The largest absolute Gasteiger partial charge is 0.497 e. The number of hydrogen-bond acceptors (Lipinski definition) is 3. The van der Waals surface area contributed by atoms with Gasteiger partial charge in [-0.2, -0.15) is 18.3 Å². The van der Waals surface area contributed by atoms with Crippen molar-refractivity contribution >= 4 is 22.5 Å². The molecule has 0 radical (unpaired) electrons. The summed E-state index contributed by atoms with van der Waals surface area (Å²) in [5.74, 6) is 0.730. The highest BCUT2D eigenvalue weighted by Gasteiger charge is 2.34. The lowest BCUT2D eigenvalue weighted by atomic mass is 9.99. The highest BCUT2D eigenvalue weighted by atomic mass is 35.5. The van der Waals surface area contributed by atoms with Crippen molar-refractivity contribution in [1.29, 1.82) is 0 Å². The van der Waals surface area contributed by atoms with Gasteiger partial charge >= 0.3 is 6.18 Å². The van der Waals surface area contributed by atoms with Gasteiger partial charge in [-0.15, -0.1) is 0 Å². The van der Waals surface area contributed by atoms with Crippen LogP contribution in [0.25, 0.3) is 22.2 Å². The lowest BCUT2D eigenvalue weighted by Crippen LogP contribution is -2.07. The lowest BCUT2D eigenvalue weighted by molar-refractivity contribution is -0.136. The van der Waals surface area contributed by atoms with Crippen molar-refractivity contribution in [2.45, 2.75) is 19.1 Å². The molecule has 1 aromatic heterocycles. The molecule has 0 aliphatic rings. The Morgan fingerprint density at radius 3 is 2.23 bits per heavy atom. The van der Waals surface area contributed by atoms with Crippen LogP contribution in [0, 0.1) is 5.82 Å². The molecule has 0 fully saturated rings. The molecule has 0 saturated heterocycles. The number of benzene rings is 4. The number of alkyl halides is 3. The van der Waals surface area contributed by atoms with Gasteiger partial charge in [-0.1, -0.05) is 48.0 Å². The molecular weight excluding hydrogens is 532 g/mol. The quantitative estimate of drug-likeness (QED) is 0.190. The zero-order valence-corrected chi connectivity index (χ0v) is 21.8. The summed E-state index contributed by atoms with van der Waals surface area (Å²) in [4.78, 5) is 0. The van der Waals surface area contributed by atoms with Crippen LogP contribution in [0.15, 0.2) is 78.9 Å². The summed E-state index contributed by atoms with van der Waals surface area (Å²) < 4.78 is 68.5. The molecule has 0 unspecified atom stereocenters. The first-order valence-corrected chi connectivity index (χ1v) is 12.4. The van der Waals surface area contributed by atoms with Gasteiger partial charge in [0.2, 0.25) is 0 Å². The Hall–Kier alpha value is -4.04. The molecule has 4 aromatic carbocycles. The number of rotatable bonds is 7. The van der Waals surface area contributed by atoms with Gasteiger partial charge in [0.05, 0.1) is 32.0 Å². The predicted molar refractivity (Wildman–Crippen MR) is 143 cm³/mol. The van der Waals surface area contributed by atoms with Crippen LogP contribution >= 0.6 is 11.6 Å². The lowest BCUT2D eigenvalue weighted by Gasteiger charge is -2.12. The molecular formula is C30H23ClF4N2O2. The summed E-state index contributed by atoms with van der Waals surface area (Å²) in [6, 6.07) is 21.2. The first kappa shape index (κ1) is 26.6. The highest BCUT2D eigenvalue weighted by molar-refractivity contribution is 6.30. The third kappa shape index (κ3) is 5.56. The van der Waals surface area contributed by atoms with Gasteiger partial charge in [-0.25, -0.2) is 4.39 Å². The van der Waals surface area contributed by atoms with Gasteiger partial charge in [0.1, 0.15) is 22.8 Å². The summed E-state index contributed by atoms with van der Waals surface area (Å²) in [7, 11) is 3.15. The van der Waals surface area contributed by atoms with Gasteiger partial charge in [0, 0.05) is 27.6 Å². The molecule has 5 aromatic rings. The average Bonchev–Trinajstić information content (AvgIpc) is 3.27. The Morgan fingerprint density at radius 1 is 0.846 bits per heavy atom. The third-order valence-corrected chi connectivity index (χ3v) is 6.67. The second kappa shape index (κ2) is 10.6. The minimum atomic E-state index is -4.60. The standard InChI is InChI=1S/C30H23ClF4N2O2/c1-38-23-13-19(14-24(16-23)39-2)11-18-5-3-6-20(12-18)29-25-7-4-8-26(30(33,34)35)28(25)36-37(29)17-21-9-10-22(31)15-27(21)32/h3-10,12-16H,11,17H2,1-2H3. The summed E-state index contributed by atoms with van der Waals surface area (Å²) >= 11 is 5.90. The zero-order chi connectivity index (χ0) is 27.7. The summed E-state index contributed by atoms with van der Waals surface area (Å²) in [5, 5.41) is 4.88. The van der Waals surface area contributed by atoms with Gasteiger partial charge in [-0.05, 0) is 53.9 Å². The molecule has 0 aliphatic carbocycles. The van der Waals surface area contributed by atoms with E-state index in [2.05, 4.69) is 5.10 Å². The van der Waals surface area contributed by atoms with Crippen LogP contribution in [0.5, 0.6) is 11.5 Å². The fourth-order valence-corrected chi connectivity index (χ4v) is 4.80. The molecule has 9 heteroatoms. The van der Waals surface area contributed by atoms with E-state index in [1.165, 1.54) is 28.9 Å². The predicted octanol–water partition coefficient (Wildman–Crippen LogP) is 8.17. The summed E-state index contributed by atoms with van der Waals surface area (Å²) in [6.45, 7) is -0.0817. The van der Waals surface area contributed by atoms with E-state index >= 15 is 0 Å². The molecule has 200 valence electrons. The molecule has 39 heavy (non-hydrogen) atoms. The minimum Gasteiger partial charge on any atom is -0.497 e. The fraction of sp³-hybridized carbons (Fsp3) is 0.167. The maximum absolute atomic E-state index is 14.7. The van der Waals surface area contributed by atoms with Crippen LogP contribution in [0.3, 0.4) is 0 Å². The van der Waals surface area contributed by atoms with Gasteiger partial charge in [0.25, 0.3) is 0 Å². The Morgan fingerprint density at radius 2 is 1.56 bits per heavy atom. The first-order valence-electron chi connectivity index (χ1n) is 12.0. The van der Waals surface area contributed by atoms with Crippen LogP contribution in [0.2, 0.25) is 5.02 Å². The number of methoxy groups -OCH3 is 2. The second-order valence-corrected chi connectivity index (χ2v) is 9.48. The molecule has 0 bridgehead atoms. The van der Waals surface area contributed by atoms with Crippen LogP contribution in [0.4, 0.5) is 17.6 Å². The highest BCUT2D eigenvalue weighted by Crippen LogP contribution is 2.38. The Kier molecular flexibility index (Phi) is 7.23. The molecule has 0 amide bonds. The van der Waals surface area contributed by atoms with Crippen LogP contribution in [-0.4, -0.2) is 24.0 Å². The Bertz CT molecular complexity index is 1640. The van der Waals surface area contributed by atoms with E-state index in [1.807, 2.05) is 30.3 Å². The number of fused-ring (bicyclic) bond motifs is 1. The molecule has 5 rings (SSSR count). The van der Waals surface area contributed by atoms with Gasteiger partial charge in [-0.3, -0.25) is 4.68 Å².